The van der Waals surface area contributed by atoms with E-state index in [9.17, 15) is 59.3 Å². The summed E-state index contributed by atoms with van der Waals surface area (Å²) in [6.45, 7) is 2.27. The summed E-state index contributed by atoms with van der Waals surface area (Å²) in [5.41, 5.74) is -4.21. The molecule has 0 spiro atoms. The second kappa shape index (κ2) is 14.1. The van der Waals surface area contributed by atoms with Crippen LogP contribution in [0.4, 0.5) is 61.6 Å². The summed E-state index contributed by atoms with van der Waals surface area (Å²) < 4.78 is 123. The molecule has 5 rings (SSSR count). The zero-order chi connectivity index (χ0) is 37.5. The fourth-order valence-corrected chi connectivity index (χ4v) is 6.65. The van der Waals surface area contributed by atoms with E-state index < -0.39 is 65.8 Å². The minimum Gasteiger partial charge on any atom is -0.481 e. The average molecular weight is 734 g/mol. The molecule has 0 bridgehead atoms. The first-order chi connectivity index (χ1) is 23.7. The van der Waals surface area contributed by atoms with Gasteiger partial charge in [0.15, 0.2) is 0 Å². The second-order valence-electron chi connectivity index (χ2n) is 12.6. The van der Waals surface area contributed by atoms with Crippen LogP contribution < -0.4 is 15.1 Å². The zero-order valence-corrected chi connectivity index (χ0v) is 26.8. The van der Waals surface area contributed by atoms with Gasteiger partial charge in [-0.1, -0.05) is 6.92 Å². The molecule has 2 aliphatic heterocycles. The van der Waals surface area contributed by atoms with Gasteiger partial charge in [-0.3, -0.25) is 9.69 Å². The third-order valence-electron chi connectivity index (χ3n) is 9.13. The highest BCUT2D eigenvalue weighted by Gasteiger charge is 2.40. The Morgan fingerprint density at radius 3 is 2.00 bits per heavy atom. The Kier molecular flexibility index (Phi) is 10.4. The highest BCUT2D eigenvalue weighted by Crippen LogP contribution is 2.43. The maximum absolute atomic E-state index is 13.7. The number of carboxylic acid groups (broad SMARTS) is 2. The van der Waals surface area contributed by atoms with Crippen molar-refractivity contribution in [1.29, 1.82) is 0 Å². The SMILES string of the molecule is CC[C@@H]1C[C@H](Nc2ncc(N3CCC(CC(=O)O)CC3)c(Cc3cc(C(F)(F)F)cc(C(F)(F)F)c3)n2)c2cc(C(F)(F)F)ccc2N1C(=O)O. The van der Waals surface area contributed by atoms with Crippen molar-refractivity contribution in [3.63, 3.8) is 0 Å². The van der Waals surface area contributed by atoms with Crippen LogP contribution in [0, 0.1) is 5.92 Å². The minimum absolute atomic E-state index is 0.00387. The first-order valence-corrected chi connectivity index (χ1v) is 15.9. The molecule has 0 radical (unpaired) electrons. The summed E-state index contributed by atoms with van der Waals surface area (Å²) in [4.78, 5) is 34.9. The van der Waals surface area contributed by atoms with Crippen molar-refractivity contribution in [3.8, 4) is 0 Å². The van der Waals surface area contributed by atoms with Gasteiger partial charge in [0.2, 0.25) is 5.95 Å². The Morgan fingerprint density at radius 1 is 0.863 bits per heavy atom. The van der Waals surface area contributed by atoms with E-state index >= 15 is 0 Å². The molecular formula is C33H32F9N5O4. The summed E-state index contributed by atoms with van der Waals surface area (Å²) in [6, 6.07) is 2.14. The highest BCUT2D eigenvalue weighted by atomic mass is 19.4. The van der Waals surface area contributed by atoms with E-state index in [4.69, 9.17) is 0 Å². The summed E-state index contributed by atoms with van der Waals surface area (Å²) in [6.07, 6.45) is -14.5. The van der Waals surface area contributed by atoms with Gasteiger partial charge in [0.05, 0.1) is 46.0 Å². The van der Waals surface area contributed by atoms with Gasteiger partial charge in [-0.25, -0.2) is 14.8 Å². The fourth-order valence-electron chi connectivity index (χ4n) is 6.65. The van der Waals surface area contributed by atoms with Crippen LogP contribution in [0.1, 0.15) is 78.6 Å². The normalized spacial score (nSPS) is 18.8. The monoisotopic (exact) mass is 733 g/mol. The van der Waals surface area contributed by atoms with Crippen molar-refractivity contribution in [1.82, 2.24) is 9.97 Å². The number of hydrogen-bond acceptors (Lipinski definition) is 6. The number of piperidine rings is 1. The number of carbonyl (C=O) groups is 2. The number of anilines is 3. The molecule has 3 aromatic rings. The van der Waals surface area contributed by atoms with Crippen LogP contribution in [0.3, 0.4) is 0 Å². The molecule has 3 heterocycles. The molecule has 1 amide bonds. The topological polar surface area (TPSA) is 119 Å². The van der Waals surface area contributed by atoms with Crippen LogP contribution in [0.2, 0.25) is 0 Å². The summed E-state index contributed by atoms with van der Waals surface area (Å²) in [5.74, 6) is -1.35. The molecule has 276 valence electrons. The van der Waals surface area contributed by atoms with Gasteiger partial charge in [0.25, 0.3) is 0 Å². The lowest BCUT2D eigenvalue weighted by molar-refractivity contribution is -0.143. The van der Waals surface area contributed by atoms with Gasteiger partial charge in [0, 0.05) is 32.0 Å². The van der Waals surface area contributed by atoms with Crippen LogP contribution in [-0.4, -0.2) is 51.4 Å². The first-order valence-electron chi connectivity index (χ1n) is 15.9. The molecule has 2 aliphatic rings. The van der Waals surface area contributed by atoms with E-state index in [1.165, 1.54) is 6.20 Å². The molecule has 0 saturated carbocycles. The largest absolute Gasteiger partial charge is 0.481 e. The number of aliphatic carboxylic acids is 1. The maximum Gasteiger partial charge on any atom is 0.416 e. The number of halogens is 9. The molecule has 1 saturated heterocycles. The smallest absolute Gasteiger partial charge is 0.416 e. The Morgan fingerprint density at radius 2 is 1.47 bits per heavy atom. The summed E-state index contributed by atoms with van der Waals surface area (Å²) >= 11 is 0. The Labute approximate surface area is 285 Å². The molecule has 2 atom stereocenters. The van der Waals surface area contributed by atoms with E-state index in [0.29, 0.717) is 25.0 Å². The van der Waals surface area contributed by atoms with Gasteiger partial charge in [-0.05, 0) is 79.1 Å². The highest BCUT2D eigenvalue weighted by molar-refractivity contribution is 5.89. The predicted octanol–water partition coefficient (Wildman–Crippen LogP) is 8.63. The standard InChI is InChI=1S/C33H32F9N5O4/c1-2-22-15-24(23-14-19(31(34,35)36)3-4-26(23)47(22)30(50)51)44-29-43-16-27(46-7-5-17(6-8-46)12-28(48)49)25(45-29)11-18-9-20(32(37,38)39)13-21(10-18)33(40,41)42/h3-4,9-10,13-14,16-17,22,24H,2,5-8,11-12,15H2,1H3,(H,48,49)(H,50,51)(H,43,44,45)/t22-,24+/m1/s1. The number of hydrogen-bond donors (Lipinski definition) is 3. The van der Waals surface area contributed by atoms with Crippen LogP contribution in [-0.2, 0) is 29.7 Å². The number of fused-ring (bicyclic) bond motifs is 1. The Hall–Kier alpha value is -4.77. The van der Waals surface area contributed by atoms with Crippen LogP contribution in [0.25, 0.3) is 0 Å². The van der Waals surface area contributed by atoms with Crippen molar-refractivity contribution >= 4 is 29.4 Å². The molecule has 0 aliphatic carbocycles. The Balaban J connectivity index is 1.57. The molecule has 0 unspecified atom stereocenters. The van der Waals surface area contributed by atoms with Crippen LogP contribution in [0.5, 0.6) is 0 Å². The molecular weight excluding hydrogens is 701 g/mol. The van der Waals surface area contributed by atoms with Crippen molar-refractivity contribution in [2.45, 2.75) is 76.1 Å². The quantitative estimate of drug-likeness (QED) is 0.197. The third kappa shape index (κ3) is 8.58. The fraction of sp³-hybridized carbons (Fsp3) is 0.455. The summed E-state index contributed by atoms with van der Waals surface area (Å²) in [7, 11) is 0. The molecule has 3 N–H and O–H groups in total. The Bertz CT molecular complexity index is 1740. The number of carboxylic acids is 1. The van der Waals surface area contributed by atoms with E-state index in [0.717, 1.165) is 23.1 Å². The van der Waals surface area contributed by atoms with Crippen molar-refractivity contribution in [2.75, 3.05) is 28.2 Å². The van der Waals surface area contributed by atoms with Crippen LogP contribution >= 0.6 is 0 Å². The molecule has 51 heavy (non-hydrogen) atoms. The molecule has 9 nitrogen and oxygen atoms in total. The van der Waals surface area contributed by atoms with Crippen molar-refractivity contribution < 1.29 is 59.3 Å². The van der Waals surface area contributed by atoms with Gasteiger partial charge in [-0.2, -0.15) is 39.5 Å². The van der Waals surface area contributed by atoms with Gasteiger partial charge >= 0.3 is 30.6 Å². The second-order valence-corrected chi connectivity index (χ2v) is 12.6. The van der Waals surface area contributed by atoms with Gasteiger partial charge in [-0.15, -0.1) is 0 Å². The van der Waals surface area contributed by atoms with E-state index in [-0.39, 0.29) is 78.5 Å². The molecule has 2 aromatic carbocycles. The molecule has 1 fully saturated rings. The van der Waals surface area contributed by atoms with Crippen LogP contribution in [0.15, 0.2) is 42.6 Å². The zero-order valence-electron chi connectivity index (χ0n) is 26.8. The summed E-state index contributed by atoms with van der Waals surface area (Å²) in [5, 5.41) is 22.0. The number of aromatic nitrogens is 2. The van der Waals surface area contributed by atoms with E-state index in [1.807, 2.05) is 0 Å². The van der Waals surface area contributed by atoms with Crippen molar-refractivity contribution in [3.05, 3.63) is 76.1 Å². The number of nitrogens with one attached hydrogen (secondary N) is 1. The lowest BCUT2D eigenvalue weighted by Gasteiger charge is -2.39. The lowest BCUT2D eigenvalue weighted by Crippen LogP contribution is -2.45. The van der Waals surface area contributed by atoms with Gasteiger partial charge < -0.3 is 20.4 Å². The number of benzene rings is 2. The first kappa shape index (κ1) is 37.5. The number of amides is 1. The minimum atomic E-state index is -5.10. The molecule has 18 heteroatoms. The number of alkyl halides is 9. The van der Waals surface area contributed by atoms with E-state index in [2.05, 4.69) is 15.3 Å². The predicted molar refractivity (Wildman–Crippen MR) is 165 cm³/mol. The maximum atomic E-state index is 13.7. The number of rotatable bonds is 8. The average Bonchev–Trinajstić information content (AvgIpc) is 3.03. The van der Waals surface area contributed by atoms with E-state index in [1.54, 1.807) is 11.8 Å². The molecule has 1 aromatic heterocycles. The lowest BCUT2D eigenvalue weighted by atomic mass is 9.89. The van der Waals surface area contributed by atoms with Gasteiger partial charge in [0.1, 0.15) is 0 Å². The van der Waals surface area contributed by atoms with Crippen molar-refractivity contribution in [2.24, 2.45) is 5.92 Å². The number of nitrogens with zero attached hydrogens (tertiary/aromatic N) is 4. The third-order valence-corrected chi connectivity index (χ3v) is 9.13.